The second kappa shape index (κ2) is 13.2. The van der Waals surface area contributed by atoms with E-state index in [0.717, 1.165) is 27.8 Å². The lowest BCUT2D eigenvalue weighted by atomic mass is 10.2. The first-order valence-corrected chi connectivity index (χ1v) is 14.0. The van der Waals surface area contributed by atoms with Crippen molar-refractivity contribution in [2.24, 2.45) is 5.10 Å². The molecule has 0 radical (unpaired) electrons. The number of rotatable bonds is 10. The van der Waals surface area contributed by atoms with Crippen molar-refractivity contribution >= 4 is 39.7 Å². The van der Waals surface area contributed by atoms with Crippen molar-refractivity contribution in [3.8, 4) is 17.2 Å². The lowest BCUT2D eigenvalue weighted by Crippen LogP contribution is -2.17. The van der Waals surface area contributed by atoms with Gasteiger partial charge in [-0.25, -0.2) is 10.2 Å². The molecule has 2 aromatic heterocycles. The summed E-state index contributed by atoms with van der Waals surface area (Å²) in [6.45, 7) is 4.18. The Morgan fingerprint density at radius 1 is 0.977 bits per heavy atom. The van der Waals surface area contributed by atoms with Crippen LogP contribution in [-0.4, -0.2) is 27.6 Å². The van der Waals surface area contributed by atoms with Gasteiger partial charge in [0.1, 0.15) is 18.1 Å². The molecule has 0 aliphatic rings. The number of esters is 1. The third-order valence-electron chi connectivity index (χ3n) is 6.50. The molecule has 5 aromatic rings. The van der Waals surface area contributed by atoms with Crippen LogP contribution in [0.3, 0.4) is 0 Å². The standard InChI is InChI=1S/C32H25BrN4O7/c1-20-6-7-21(2)36(20)25-12-14-26(15-13-25)42-19-27-16-17-29(43-27)31(38)35-34-18-23-4-3-5-28(37(40)41)30(23)44-32(39)22-8-10-24(33)11-9-22/h3-18H,19H2,1-2H3,(H,35,38)/b34-18+. The average Bonchev–Trinajstić information content (AvgIpc) is 3.63. The van der Waals surface area contributed by atoms with Crippen molar-refractivity contribution in [2.75, 3.05) is 0 Å². The normalized spacial score (nSPS) is 11.0. The van der Waals surface area contributed by atoms with Crippen molar-refractivity contribution in [3.05, 3.63) is 140 Å². The number of nitrogens with zero attached hydrogens (tertiary/aromatic N) is 3. The predicted octanol–water partition coefficient (Wildman–Crippen LogP) is 6.92. The molecule has 222 valence electrons. The highest BCUT2D eigenvalue weighted by Crippen LogP contribution is 2.31. The summed E-state index contributed by atoms with van der Waals surface area (Å²) in [7, 11) is 0. The number of aromatic nitrogens is 1. The smallest absolute Gasteiger partial charge is 0.343 e. The molecule has 0 unspecified atom stereocenters. The maximum Gasteiger partial charge on any atom is 0.343 e. The highest BCUT2D eigenvalue weighted by atomic mass is 79.9. The van der Waals surface area contributed by atoms with Crippen LogP contribution in [0.15, 0.2) is 105 Å². The summed E-state index contributed by atoms with van der Waals surface area (Å²) < 4.78 is 19.7. The minimum Gasteiger partial charge on any atom is -0.486 e. The summed E-state index contributed by atoms with van der Waals surface area (Å²) in [4.78, 5) is 36.2. The molecule has 3 aromatic carbocycles. The molecule has 0 atom stereocenters. The predicted molar refractivity (Wildman–Crippen MR) is 166 cm³/mol. The van der Waals surface area contributed by atoms with Gasteiger partial charge in [-0.1, -0.05) is 22.0 Å². The lowest BCUT2D eigenvalue weighted by molar-refractivity contribution is -0.385. The molecule has 2 heterocycles. The largest absolute Gasteiger partial charge is 0.486 e. The maximum absolute atomic E-state index is 12.7. The lowest BCUT2D eigenvalue weighted by Gasteiger charge is -2.10. The Hall–Kier alpha value is -5.49. The number of ether oxygens (including phenoxy) is 2. The number of benzene rings is 3. The van der Waals surface area contributed by atoms with Crippen LogP contribution >= 0.6 is 15.9 Å². The van der Waals surface area contributed by atoms with Crippen LogP contribution in [0.4, 0.5) is 5.69 Å². The Morgan fingerprint density at radius 3 is 2.36 bits per heavy atom. The van der Waals surface area contributed by atoms with Gasteiger partial charge in [-0.2, -0.15) is 5.10 Å². The fourth-order valence-corrected chi connectivity index (χ4v) is 4.62. The minimum absolute atomic E-state index is 0.0180. The van der Waals surface area contributed by atoms with Gasteiger partial charge in [0, 0.05) is 33.2 Å². The third-order valence-corrected chi connectivity index (χ3v) is 7.03. The van der Waals surface area contributed by atoms with E-state index in [0.29, 0.717) is 11.5 Å². The van der Waals surface area contributed by atoms with Crippen molar-refractivity contribution < 1.29 is 28.4 Å². The summed E-state index contributed by atoms with van der Waals surface area (Å²) >= 11 is 3.28. The molecule has 11 nitrogen and oxygen atoms in total. The van der Waals surface area contributed by atoms with Gasteiger partial charge in [-0.3, -0.25) is 14.9 Å². The molecule has 5 rings (SSSR count). The molecule has 0 fully saturated rings. The molecular formula is C32H25BrN4O7. The molecule has 1 amide bonds. The van der Waals surface area contributed by atoms with Crippen LogP contribution in [0.2, 0.25) is 0 Å². The molecule has 44 heavy (non-hydrogen) atoms. The second-order valence-corrected chi connectivity index (χ2v) is 10.5. The van der Waals surface area contributed by atoms with Gasteiger partial charge in [-0.15, -0.1) is 0 Å². The van der Waals surface area contributed by atoms with E-state index >= 15 is 0 Å². The SMILES string of the molecule is Cc1ccc(C)n1-c1ccc(OCc2ccc(C(=O)N/N=C/c3cccc([N+](=O)[O-])c3OC(=O)c3ccc(Br)cc3)o2)cc1. The number of aryl methyl sites for hydroxylation is 2. The monoisotopic (exact) mass is 656 g/mol. The molecule has 0 saturated carbocycles. The number of nitro benzene ring substituents is 1. The summed E-state index contributed by atoms with van der Waals surface area (Å²) in [5.74, 6) is -0.730. The fraction of sp³-hybridized carbons (Fsp3) is 0.0938. The fourth-order valence-electron chi connectivity index (χ4n) is 4.35. The molecule has 0 bridgehead atoms. The molecule has 1 N–H and O–H groups in total. The Bertz CT molecular complexity index is 1840. The van der Waals surface area contributed by atoms with Gasteiger partial charge in [0.15, 0.2) is 5.76 Å². The number of hydrazone groups is 1. The van der Waals surface area contributed by atoms with Gasteiger partial charge >= 0.3 is 17.6 Å². The Kier molecular flexibility index (Phi) is 9.01. The minimum atomic E-state index is -0.794. The quantitative estimate of drug-likeness (QED) is 0.0566. The molecule has 0 saturated heterocycles. The number of furan rings is 1. The number of para-hydroxylation sites is 1. The number of carbonyl (C=O) groups excluding carboxylic acids is 2. The Balaban J connectivity index is 1.21. The Morgan fingerprint density at radius 2 is 1.68 bits per heavy atom. The molecular weight excluding hydrogens is 632 g/mol. The van der Waals surface area contributed by atoms with E-state index in [1.165, 1.54) is 36.4 Å². The Labute approximate surface area is 260 Å². The van der Waals surface area contributed by atoms with Crippen LogP contribution in [0.25, 0.3) is 5.69 Å². The third kappa shape index (κ3) is 6.93. The summed E-state index contributed by atoms with van der Waals surface area (Å²) in [6, 6.07) is 25.2. The van der Waals surface area contributed by atoms with Gasteiger partial charge < -0.3 is 18.5 Å². The van der Waals surface area contributed by atoms with E-state index in [1.54, 1.807) is 18.2 Å². The van der Waals surface area contributed by atoms with Crippen molar-refractivity contribution in [2.45, 2.75) is 20.5 Å². The average molecular weight is 657 g/mol. The number of nitro groups is 1. The zero-order valence-corrected chi connectivity index (χ0v) is 25.1. The van der Waals surface area contributed by atoms with Gasteiger partial charge in [-0.05, 0) is 92.7 Å². The van der Waals surface area contributed by atoms with Gasteiger partial charge in [0.25, 0.3) is 0 Å². The molecule has 12 heteroatoms. The first kappa shape index (κ1) is 30.0. The highest BCUT2D eigenvalue weighted by Gasteiger charge is 2.22. The van der Waals surface area contributed by atoms with Crippen LogP contribution < -0.4 is 14.9 Å². The molecule has 0 aliphatic carbocycles. The first-order valence-electron chi connectivity index (χ1n) is 13.2. The number of amides is 1. The summed E-state index contributed by atoms with van der Waals surface area (Å²) in [5.41, 5.74) is 5.45. The highest BCUT2D eigenvalue weighted by molar-refractivity contribution is 9.10. The topological polar surface area (TPSA) is 138 Å². The van der Waals surface area contributed by atoms with Crippen molar-refractivity contribution in [1.82, 2.24) is 9.99 Å². The van der Waals surface area contributed by atoms with E-state index in [9.17, 15) is 19.7 Å². The van der Waals surface area contributed by atoms with E-state index in [2.05, 4.69) is 43.2 Å². The van der Waals surface area contributed by atoms with Gasteiger partial charge in [0.2, 0.25) is 5.75 Å². The van der Waals surface area contributed by atoms with E-state index in [-0.39, 0.29) is 29.2 Å². The van der Waals surface area contributed by atoms with Crippen molar-refractivity contribution in [3.63, 3.8) is 0 Å². The van der Waals surface area contributed by atoms with E-state index in [4.69, 9.17) is 13.9 Å². The van der Waals surface area contributed by atoms with E-state index < -0.39 is 22.5 Å². The zero-order chi connectivity index (χ0) is 31.2. The number of carbonyl (C=O) groups is 2. The molecule has 0 aliphatic heterocycles. The summed E-state index contributed by atoms with van der Waals surface area (Å²) in [6.07, 6.45) is 1.14. The van der Waals surface area contributed by atoms with Crippen LogP contribution in [-0.2, 0) is 6.61 Å². The van der Waals surface area contributed by atoms with Crippen LogP contribution in [0.5, 0.6) is 11.5 Å². The first-order chi connectivity index (χ1) is 21.2. The number of hydrogen-bond donors (Lipinski definition) is 1. The van der Waals surface area contributed by atoms with Crippen LogP contribution in [0.1, 0.15) is 43.6 Å². The second-order valence-electron chi connectivity index (χ2n) is 9.55. The number of hydrogen-bond acceptors (Lipinski definition) is 8. The number of nitrogens with one attached hydrogen (secondary N) is 1. The van der Waals surface area contributed by atoms with E-state index in [1.807, 2.05) is 38.1 Å². The zero-order valence-electron chi connectivity index (χ0n) is 23.5. The maximum atomic E-state index is 12.7. The number of halogens is 1. The summed E-state index contributed by atoms with van der Waals surface area (Å²) in [5, 5.41) is 15.5. The van der Waals surface area contributed by atoms with Gasteiger partial charge in [0.05, 0.1) is 16.7 Å². The molecule has 0 spiro atoms. The van der Waals surface area contributed by atoms with Crippen molar-refractivity contribution in [1.29, 1.82) is 0 Å². The van der Waals surface area contributed by atoms with Crippen LogP contribution in [0, 0.1) is 24.0 Å².